The molecule has 18 heteroatoms. The molecular formula is C39H60N8O10. The summed E-state index contributed by atoms with van der Waals surface area (Å²) in [7, 11) is 0. The number of nitrogens with one attached hydrogen (secondary N) is 5. The van der Waals surface area contributed by atoms with Gasteiger partial charge in [0.05, 0.1) is 18.2 Å². The maximum Gasteiger partial charge on any atom is 0.276 e. The number of fused-ring (bicyclic) bond motifs is 2. The van der Waals surface area contributed by atoms with E-state index in [9.17, 15) is 49.2 Å². The van der Waals surface area contributed by atoms with Crippen LogP contribution in [-0.4, -0.2) is 146 Å². The Kier molecular flexibility index (Phi) is 14.9. The molecule has 18 nitrogen and oxygen atoms in total. The van der Waals surface area contributed by atoms with E-state index < -0.39 is 89.6 Å². The molecule has 0 bridgehead atoms. The third kappa shape index (κ3) is 11.4. The highest BCUT2D eigenvalue weighted by Crippen LogP contribution is 2.25. The van der Waals surface area contributed by atoms with Gasteiger partial charge in [0.15, 0.2) is 0 Å². The van der Waals surface area contributed by atoms with E-state index in [1.54, 1.807) is 12.1 Å². The molecule has 9 atom stereocenters. The number of aliphatic hydroxyl groups is 3. The van der Waals surface area contributed by atoms with Gasteiger partial charge in [0.25, 0.3) is 5.91 Å². The van der Waals surface area contributed by atoms with Crippen LogP contribution in [0.4, 0.5) is 0 Å². The van der Waals surface area contributed by atoms with Crippen LogP contribution in [0, 0.1) is 5.92 Å². The molecule has 1 aromatic carbocycles. The van der Waals surface area contributed by atoms with Crippen LogP contribution in [0.25, 0.3) is 0 Å². The van der Waals surface area contributed by atoms with Crippen molar-refractivity contribution in [3.05, 3.63) is 29.8 Å². The second-order valence-electron chi connectivity index (χ2n) is 16.3. The summed E-state index contributed by atoms with van der Waals surface area (Å²) >= 11 is 0. The Balaban J connectivity index is 1.45. The first kappa shape index (κ1) is 43.8. The Labute approximate surface area is 332 Å². The Morgan fingerprint density at radius 1 is 0.877 bits per heavy atom. The first-order valence-corrected chi connectivity index (χ1v) is 20.2. The van der Waals surface area contributed by atoms with E-state index in [1.807, 2.05) is 0 Å². The predicted molar refractivity (Wildman–Crippen MR) is 206 cm³/mol. The number of aromatic hydroxyl groups is 1. The number of hydrogen-bond donors (Lipinski definition) is 10. The summed E-state index contributed by atoms with van der Waals surface area (Å²) in [5, 5.41) is 56.5. The summed E-state index contributed by atoms with van der Waals surface area (Å²) in [6, 6.07) is -0.493. The average molecular weight is 801 g/mol. The number of aryl methyl sites for hydroxylation is 1. The molecule has 57 heavy (non-hydrogen) atoms. The molecule has 0 spiro atoms. The van der Waals surface area contributed by atoms with E-state index in [-0.39, 0.29) is 57.5 Å². The molecule has 1 aromatic rings. The number of carbonyl (C=O) groups is 6. The fourth-order valence-corrected chi connectivity index (χ4v) is 8.30. The van der Waals surface area contributed by atoms with Crippen LogP contribution in [0.1, 0.15) is 83.6 Å². The largest absolute Gasteiger partial charge is 0.508 e. The minimum absolute atomic E-state index is 0.0219. The zero-order chi connectivity index (χ0) is 41.4. The monoisotopic (exact) mass is 800 g/mol. The van der Waals surface area contributed by atoms with Crippen molar-refractivity contribution in [3.8, 4) is 5.75 Å². The summed E-state index contributed by atoms with van der Waals surface area (Å²) < 4.78 is 0. The van der Waals surface area contributed by atoms with Crippen molar-refractivity contribution in [1.29, 1.82) is 0 Å². The van der Waals surface area contributed by atoms with Crippen molar-refractivity contribution in [2.45, 2.75) is 139 Å². The van der Waals surface area contributed by atoms with E-state index in [4.69, 9.17) is 5.73 Å². The standard InChI is InChI=1S/C39H60N8O10/c1-22(48)32-37(55)46-21-27(50)18-31(46)36(54)43-29(15-12-23-10-13-26(49)14-11-23)34(52)45-39(2,57)38(56)47-20-25(40)17-30(47)35(53)41-16-6-9-28(33(51)44-32)42-19-24-7-4-3-5-8-24/h10-11,13-14,22,24-25,27-32,42,48-50,57H,3-9,12,15-21,40H2,1-2H3,(H,41,53)(H,43,54)(H,44,51)(H,45,52)/t22-,25?,27-,28?,29?,30?,31?,32?,39-/m1/s1. The number of hydrogen-bond acceptors (Lipinski definition) is 12. The SMILES string of the molecule is C[C@@H](O)C1NC(=O)C(NCC2CCCCC2)CCCNC(=O)C2CC(N)CN2C(=O)[C@@](C)(O)NC(=O)C(CCc2ccc(O)cc2)NC(=O)C2C[C@@H](O)CN2C1=O. The van der Waals surface area contributed by atoms with Crippen LogP contribution in [0.15, 0.2) is 24.3 Å². The predicted octanol–water partition coefficient (Wildman–Crippen LogP) is -2.16. The molecule has 0 aromatic heterocycles. The van der Waals surface area contributed by atoms with Gasteiger partial charge in [-0.15, -0.1) is 0 Å². The minimum Gasteiger partial charge on any atom is -0.508 e. The lowest BCUT2D eigenvalue weighted by molar-refractivity contribution is -0.160. The van der Waals surface area contributed by atoms with Crippen LogP contribution in [0.2, 0.25) is 0 Å². The lowest BCUT2D eigenvalue weighted by Crippen LogP contribution is -2.64. The number of nitrogens with zero attached hydrogens (tertiary/aromatic N) is 2. The smallest absolute Gasteiger partial charge is 0.276 e. The van der Waals surface area contributed by atoms with Crippen molar-refractivity contribution in [3.63, 3.8) is 0 Å². The fraction of sp³-hybridized carbons (Fsp3) is 0.692. The number of amides is 6. The Hall–Kier alpha value is -4.36. The van der Waals surface area contributed by atoms with Crippen LogP contribution < -0.4 is 32.3 Å². The van der Waals surface area contributed by atoms with Gasteiger partial charge in [-0.3, -0.25) is 28.8 Å². The highest BCUT2D eigenvalue weighted by molar-refractivity contribution is 5.98. The molecule has 316 valence electrons. The number of aliphatic hydroxyl groups excluding tert-OH is 2. The minimum atomic E-state index is -2.54. The topological polar surface area (TPSA) is 276 Å². The molecule has 3 saturated heterocycles. The first-order valence-electron chi connectivity index (χ1n) is 20.2. The average Bonchev–Trinajstić information content (AvgIpc) is 3.77. The molecule has 3 aliphatic heterocycles. The number of rotatable bonds is 7. The van der Waals surface area contributed by atoms with Gasteiger partial charge in [0, 0.05) is 32.1 Å². The molecule has 5 rings (SSSR count). The second kappa shape index (κ2) is 19.4. The van der Waals surface area contributed by atoms with Crippen molar-refractivity contribution in [2.75, 3.05) is 26.2 Å². The molecule has 1 saturated carbocycles. The van der Waals surface area contributed by atoms with E-state index >= 15 is 0 Å². The number of phenols is 1. The Morgan fingerprint density at radius 2 is 1.56 bits per heavy atom. The molecule has 4 aliphatic rings. The Bertz CT molecular complexity index is 1600. The summed E-state index contributed by atoms with van der Waals surface area (Å²) in [6.07, 6.45) is 3.42. The lowest BCUT2D eigenvalue weighted by atomic mass is 9.89. The third-order valence-corrected chi connectivity index (χ3v) is 11.5. The summed E-state index contributed by atoms with van der Waals surface area (Å²) in [5.41, 5.74) is 4.33. The normalized spacial score (nSPS) is 32.4. The van der Waals surface area contributed by atoms with Crippen LogP contribution in [0.5, 0.6) is 5.75 Å². The van der Waals surface area contributed by atoms with Crippen molar-refractivity contribution >= 4 is 35.4 Å². The van der Waals surface area contributed by atoms with Gasteiger partial charge >= 0.3 is 0 Å². The van der Waals surface area contributed by atoms with Gasteiger partial charge in [-0.1, -0.05) is 31.4 Å². The molecule has 4 fully saturated rings. The number of benzene rings is 1. The molecule has 1 aliphatic carbocycles. The number of phenolic OH excluding ortho intramolecular Hbond substituents is 1. The zero-order valence-corrected chi connectivity index (χ0v) is 32.8. The highest BCUT2D eigenvalue weighted by Gasteiger charge is 2.47. The third-order valence-electron chi connectivity index (χ3n) is 11.5. The summed E-state index contributed by atoms with van der Waals surface area (Å²) in [6.45, 7) is 2.71. The van der Waals surface area contributed by atoms with Gasteiger partial charge in [-0.25, -0.2) is 0 Å². The van der Waals surface area contributed by atoms with E-state index in [0.29, 0.717) is 24.4 Å². The van der Waals surface area contributed by atoms with Gasteiger partial charge < -0.3 is 62.5 Å². The quantitative estimate of drug-likeness (QED) is 0.141. The van der Waals surface area contributed by atoms with E-state index in [1.165, 1.54) is 19.1 Å². The fourth-order valence-electron chi connectivity index (χ4n) is 8.30. The molecule has 6 unspecified atom stereocenters. The highest BCUT2D eigenvalue weighted by atomic mass is 16.3. The van der Waals surface area contributed by atoms with Crippen LogP contribution >= 0.6 is 0 Å². The lowest BCUT2D eigenvalue weighted by Gasteiger charge is -2.33. The molecular weight excluding hydrogens is 740 g/mol. The molecule has 11 N–H and O–H groups in total. The summed E-state index contributed by atoms with van der Waals surface area (Å²) in [5.74, 6) is -4.28. The second-order valence-corrected chi connectivity index (χ2v) is 16.3. The van der Waals surface area contributed by atoms with Crippen molar-refractivity contribution in [2.24, 2.45) is 11.7 Å². The van der Waals surface area contributed by atoms with Gasteiger partial charge in [0.2, 0.25) is 35.3 Å². The van der Waals surface area contributed by atoms with Gasteiger partial charge in [0.1, 0.15) is 29.9 Å². The van der Waals surface area contributed by atoms with Crippen LogP contribution in [0.3, 0.4) is 0 Å². The van der Waals surface area contributed by atoms with Crippen LogP contribution in [-0.2, 0) is 35.2 Å². The van der Waals surface area contributed by atoms with E-state index in [2.05, 4.69) is 26.6 Å². The first-order chi connectivity index (χ1) is 27.0. The zero-order valence-electron chi connectivity index (χ0n) is 32.8. The maximum absolute atomic E-state index is 14.1. The van der Waals surface area contributed by atoms with Gasteiger partial charge in [-0.05, 0) is 89.0 Å². The van der Waals surface area contributed by atoms with Gasteiger partial charge in [-0.2, -0.15) is 0 Å². The van der Waals surface area contributed by atoms with Crippen molar-refractivity contribution < 1.29 is 49.2 Å². The number of nitrogens with two attached hydrogens (primary N) is 1. The number of carbonyl (C=O) groups excluding carboxylic acids is 6. The molecule has 6 amide bonds. The van der Waals surface area contributed by atoms with Crippen molar-refractivity contribution in [1.82, 2.24) is 36.4 Å². The Morgan fingerprint density at radius 3 is 2.25 bits per heavy atom. The maximum atomic E-state index is 14.1. The summed E-state index contributed by atoms with van der Waals surface area (Å²) in [4.78, 5) is 85.4. The molecule has 0 radical (unpaired) electrons. The molecule has 3 heterocycles. The van der Waals surface area contributed by atoms with E-state index in [0.717, 1.165) is 48.8 Å².